The van der Waals surface area contributed by atoms with Gasteiger partial charge in [-0.15, -0.1) is 11.8 Å². The number of benzene rings is 4. The molecule has 4 aromatic rings. The predicted molar refractivity (Wildman–Crippen MR) is 166 cm³/mol. The minimum atomic E-state index is -1.09. The fourth-order valence-electron chi connectivity index (χ4n) is 3.75. The van der Waals surface area contributed by atoms with Gasteiger partial charge in [0.25, 0.3) is 11.8 Å². The van der Waals surface area contributed by atoms with Crippen molar-refractivity contribution in [3.05, 3.63) is 131 Å². The molecule has 0 aliphatic rings. The first kappa shape index (κ1) is 30.1. The lowest BCUT2D eigenvalue weighted by Gasteiger charge is -2.14. The van der Waals surface area contributed by atoms with Crippen LogP contribution in [0.5, 0.6) is 0 Å². The van der Waals surface area contributed by atoms with Gasteiger partial charge in [0.05, 0.1) is 10.8 Å². The molecule has 0 spiro atoms. The van der Waals surface area contributed by atoms with Crippen molar-refractivity contribution in [3.8, 4) is 0 Å². The second-order valence-electron chi connectivity index (χ2n) is 9.05. The molecule has 4 rings (SSSR count). The van der Waals surface area contributed by atoms with Crippen molar-refractivity contribution in [1.29, 1.82) is 0 Å². The molecule has 0 heterocycles. The molecule has 0 aliphatic heterocycles. The summed E-state index contributed by atoms with van der Waals surface area (Å²) in [4.78, 5) is 50.9. The Labute approximate surface area is 251 Å². The van der Waals surface area contributed by atoms with Gasteiger partial charge in [-0.3, -0.25) is 14.4 Å². The van der Waals surface area contributed by atoms with Crippen molar-refractivity contribution in [2.45, 2.75) is 17.1 Å². The van der Waals surface area contributed by atoms with E-state index >= 15 is 0 Å². The number of carbonyl (C=O) groups is 4. The van der Waals surface area contributed by atoms with E-state index in [1.54, 1.807) is 104 Å². The van der Waals surface area contributed by atoms with Gasteiger partial charge in [-0.25, -0.2) is 4.79 Å². The van der Waals surface area contributed by atoms with E-state index in [2.05, 4.69) is 16.0 Å². The van der Waals surface area contributed by atoms with Crippen LogP contribution >= 0.6 is 23.4 Å². The molecular weight excluding hydrogens is 574 g/mol. The lowest BCUT2D eigenvalue weighted by molar-refractivity contribution is -0.115. The number of rotatable bonds is 10. The topological polar surface area (TPSA) is 125 Å². The van der Waals surface area contributed by atoms with E-state index in [9.17, 15) is 24.3 Å². The van der Waals surface area contributed by atoms with Gasteiger partial charge in [-0.1, -0.05) is 54.1 Å². The Bertz CT molecular complexity index is 1640. The summed E-state index contributed by atoms with van der Waals surface area (Å²) >= 11 is 7.26. The number of halogens is 1. The van der Waals surface area contributed by atoms with Crippen LogP contribution in [0, 0.1) is 0 Å². The van der Waals surface area contributed by atoms with Gasteiger partial charge in [0.1, 0.15) is 5.70 Å². The Morgan fingerprint density at radius 2 is 1.43 bits per heavy atom. The van der Waals surface area contributed by atoms with Gasteiger partial charge in [0.15, 0.2) is 0 Å². The van der Waals surface area contributed by atoms with Crippen molar-refractivity contribution in [1.82, 2.24) is 5.32 Å². The number of nitrogens with one attached hydrogen (secondary N) is 3. The smallest absolute Gasteiger partial charge is 0.335 e. The first-order valence-electron chi connectivity index (χ1n) is 12.7. The second kappa shape index (κ2) is 14.2. The van der Waals surface area contributed by atoms with Gasteiger partial charge in [0.2, 0.25) is 5.91 Å². The third-order valence-corrected chi connectivity index (χ3v) is 7.21. The van der Waals surface area contributed by atoms with Crippen LogP contribution in [0.25, 0.3) is 6.08 Å². The molecule has 0 bridgehead atoms. The quantitative estimate of drug-likeness (QED) is 0.121. The van der Waals surface area contributed by atoms with Crippen LogP contribution in [0.2, 0.25) is 5.02 Å². The maximum Gasteiger partial charge on any atom is 0.335 e. The van der Waals surface area contributed by atoms with Crippen LogP contribution in [0.15, 0.2) is 114 Å². The van der Waals surface area contributed by atoms with Crippen LogP contribution in [-0.2, 0) is 9.59 Å². The Balaban J connectivity index is 1.46. The first-order chi connectivity index (χ1) is 20.2. The molecule has 0 aliphatic carbocycles. The molecule has 0 fully saturated rings. The van der Waals surface area contributed by atoms with Gasteiger partial charge >= 0.3 is 5.97 Å². The molecule has 212 valence electrons. The Hall–Kier alpha value is -4.86. The van der Waals surface area contributed by atoms with Crippen molar-refractivity contribution in [3.63, 3.8) is 0 Å². The van der Waals surface area contributed by atoms with E-state index in [0.717, 1.165) is 0 Å². The normalized spacial score (nSPS) is 11.7. The summed E-state index contributed by atoms with van der Waals surface area (Å²) in [6.45, 7) is 1.72. The van der Waals surface area contributed by atoms with Crippen molar-refractivity contribution in [2.75, 3.05) is 10.6 Å². The molecule has 0 saturated carbocycles. The molecule has 1 unspecified atom stereocenters. The average Bonchev–Trinajstić information content (AvgIpc) is 2.98. The molecule has 4 aromatic carbocycles. The molecular formula is C32H26ClN3O5S. The lowest BCUT2D eigenvalue weighted by Crippen LogP contribution is -2.30. The molecule has 4 N–H and O–H groups in total. The van der Waals surface area contributed by atoms with Crippen LogP contribution < -0.4 is 16.0 Å². The summed E-state index contributed by atoms with van der Waals surface area (Å²) in [6, 6.07) is 28.3. The van der Waals surface area contributed by atoms with Crippen LogP contribution in [0.4, 0.5) is 11.4 Å². The number of hydrogen-bond acceptors (Lipinski definition) is 5. The summed E-state index contributed by atoms with van der Waals surface area (Å²) in [5, 5.41) is 17.4. The zero-order valence-corrected chi connectivity index (χ0v) is 23.9. The van der Waals surface area contributed by atoms with Crippen LogP contribution in [0.1, 0.15) is 33.2 Å². The Morgan fingerprint density at radius 1 is 0.786 bits per heavy atom. The highest BCUT2D eigenvalue weighted by molar-refractivity contribution is 8.00. The fraction of sp³-hybridized carbons (Fsp3) is 0.0625. The number of carbonyl (C=O) groups excluding carboxylic acids is 3. The third kappa shape index (κ3) is 8.57. The number of carboxylic acids is 1. The molecule has 0 radical (unpaired) electrons. The Morgan fingerprint density at radius 3 is 2.12 bits per heavy atom. The van der Waals surface area contributed by atoms with Crippen molar-refractivity contribution >= 4 is 64.5 Å². The van der Waals surface area contributed by atoms with E-state index in [-0.39, 0.29) is 17.2 Å². The lowest BCUT2D eigenvalue weighted by atomic mass is 10.1. The van der Waals surface area contributed by atoms with Crippen LogP contribution in [0.3, 0.4) is 0 Å². The average molecular weight is 600 g/mol. The van der Waals surface area contributed by atoms with Crippen molar-refractivity contribution in [2.24, 2.45) is 0 Å². The highest BCUT2D eigenvalue weighted by atomic mass is 35.5. The summed E-state index contributed by atoms with van der Waals surface area (Å²) in [7, 11) is 0. The zero-order valence-electron chi connectivity index (χ0n) is 22.3. The Kier molecular flexibility index (Phi) is 10.1. The summed E-state index contributed by atoms with van der Waals surface area (Å²) < 4.78 is 0. The van der Waals surface area contributed by atoms with E-state index < -0.39 is 23.0 Å². The van der Waals surface area contributed by atoms with Gasteiger partial charge in [0, 0.05) is 26.9 Å². The van der Waals surface area contributed by atoms with Gasteiger partial charge in [-0.2, -0.15) is 0 Å². The maximum atomic E-state index is 13.3. The zero-order chi connectivity index (χ0) is 30.1. The SMILES string of the molecule is CC(Sc1cccc(NC(=O)/C(=C/c2ccc(Cl)cc2)NC(=O)c2ccccc2)c1)C(=O)Nc1cccc(C(=O)O)c1. The number of carboxylic acid groups (broad SMARTS) is 1. The van der Waals surface area contributed by atoms with E-state index in [0.29, 0.717) is 32.4 Å². The highest BCUT2D eigenvalue weighted by Gasteiger charge is 2.18. The minimum Gasteiger partial charge on any atom is -0.478 e. The van der Waals surface area contributed by atoms with E-state index in [1.165, 1.54) is 23.9 Å². The summed E-state index contributed by atoms with van der Waals surface area (Å²) in [6.07, 6.45) is 1.55. The monoisotopic (exact) mass is 599 g/mol. The summed E-state index contributed by atoms with van der Waals surface area (Å²) in [5.41, 5.74) is 2.00. The second-order valence-corrected chi connectivity index (χ2v) is 10.9. The number of hydrogen-bond donors (Lipinski definition) is 4. The largest absolute Gasteiger partial charge is 0.478 e. The molecule has 8 nitrogen and oxygen atoms in total. The molecule has 0 saturated heterocycles. The minimum absolute atomic E-state index is 0.0283. The van der Waals surface area contributed by atoms with E-state index in [4.69, 9.17) is 11.6 Å². The molecule has 42 heavy (non-hydrogen) atoms. The third-order valence-electron chi connectivity index (χ3n) is 5.86. The van der Waals surface area contributed by atoms with E-state index in [1.807, 2.05) is 0 Å². The number of thioether (sulfide) groups is 1. The fourth-order valence-corrected chi connectivity index (χ4v) is 4.80. The van der Waals surface area contributed by atoms with Crippen LogP contribution in [-0.4, -0.2) is 34.0 Å². The summed E-state index contributed by atoms with van der Waals surface area (Å²) in [5.74, 6) is -2.38. The standard InChI is InChI=1S/C32H26ClN3O5S/c1-20(29(37)34-25-10-5-9-23(18-25)32(40)41)42-27-12-6-11-26(19-27)35-31(39)28(17-21-13-15-24(33)16-14-21)36-30(38)22-7-3-2-4-8-22/h2-20H,1H3,(H,34,37)(H,35,39)(H,36,38)(H,40,41)/b28-17-. The molecule has 0 aromatic heterocycles. The molecule has 3 amide bonds. The molecule has 10 heteroatoms. The number of aromatic carboxylic acids is 1. The maximum absolute atomic E-state index is 13.3. The number of amides is 3. The predicted octanol–water partition coefficient (Wildman–Crippen LogP) is 6.57. The van der Waals surface area contributed by atoms with Gasteiger partial charge in [-0.05, 0) is 79.2 Å². The van der Waals surface area contributed by atoms with Gasteiger partial charge < -0.3 is 21.1 Å². The molecule has 1 atom stereocenters. The van der Waals surface area contributed by atoms with Crippen molar-refractivity contribution < 1.29 is 24.3 Å². The number of anilines is 2. The first-order valence-corrected chi connectivity index (χ1v) is 14.0. The highest BCUT2D eigenvalue weighted by Crippen LogP contribution is 2.27.